The van der Waals surface area contributed by atoms with Crippen molar-refractivity contribution in [3.05, 3.63) is 47.7 Å². The maximum absolute atomic E-state index is 5.41. The van der Waals surface area contributed by atoms with E-state index in [1.807, 2.05) is 44.6 Å². The molecule has 4 heteroatoms. The Bertz CT molecular complexity index is 584. The van der Waals surface area contributed by atoms with Gasteiger partial charge in [0.1, 0.15) is 11.6 Å². The third-order valence-corrected chi connectivity index (χ3v) is 3.25. The molecule has 0 aliphatic rings. The number of hydrogen-bond donors (Lipinski definition) is 1. The van der Waals surface area contributed by atoms with Gasteiger partial charge in [0.2, 0.25) is 0 Å². The highest BCUT2D eigenvalue weighted by molar-refractivity contribution is 5.68. The summed E-state index contributed by atoms with van der Waals surface area (Å²) in [6.45, 7) is 2.90. The first-order valence-electron chi connectivity index (χ1n) is 6.64. The van der Waals surface area contributed by atoms with Crippen molar-refractivity contribution < 1.29 is 4.74 Å². The fraction of sp³-hybridized carbons (Fsp3) is 0.312. The topological polar surface area (TPSA) is 37.4 Å². The summed E-state index contributed by atoms with van der Waals surface area (Å²) in [5.74, 6) is 1.78. The molecule has 106 valence electrons. The Hall–Kier alpha value is -2.07. The molecule has 1 heterocycles. The van der Waals surface area contributed by atoms with Gasteiger partial charge in [-0.2, -0.15) is 0 Å². The zero-order chi connectivity index (χ0) is 14.5. The number of anilines is 2. The minimum Gasteiger partial charge on any atom is -0.495 e. The van der Waals surface area contributed by atoms with Gasteiger partial charge in [-0.25, -0.2) is 4.98 Å². The number of para-hydroxylation sites is 2. The van der Waals surface area contributed by atoms with Crippen molar-refractivity contribution >= 4 is 11.5 Å². The molecule has 2 rings (SSSR count). The standard InChI is InChI=1S/C16H21N3O/c1-12-9-13(10-17-2)11-18-16(12)19(3)14-7-5-6-8-15(14)20-4/h5-9,11,17H,10H2,1-4H3. The van der Waals surface area contributed by atoms with Gasteiger partial charge in [-0.15, -0.1) is 0 Å². The number of pyridine rings is 1. The van der Waals surface area contributed by atoms with Gasteiger partial charge in [0.15, 0.2) is 0 Å². The van der Waals surface area contributed by atoms with Crippen LogP contribution in [-0.2, 0) is 6.54 Å². The second kappa shape index (κ2) is 6.39. The van der Waals surface area contributed by atoms with Gasteiger partial charge in [0, 0.05) is 19.8 Å². The first kappa shape index (κ1) is 14.3. The average Bonchev–Trinajstić information content (AvgIpc) is 2.47. The summed E-state index contributed by atoms with van der Waals surface area (Å²) in [5, 5.41) is 3.14. The van der Waals surface area contributed by atoms with E-state index in [4.69, 9.17) is 4.74 Å². The highest BCUT2D eigenvalue weighted by Gasteiger charge is 2.12. The van der Waals surface area contributed by atoms with Crippen molar-refractivity contribution in [1.82, 2.24) is 10.3 Å². The lowest BCUT2D eigenvalue weighted by Gasteiger charge is -2.22. The molecule has 4 nitrogen and oxygen atoms in total. The lowest BCUT2D eigenvalue weighted by Crippen LogP contribution is -2.14. The molecule has 0 aliphatic heterocycles. The van der Waals surface area contributed by atoms with E-state index >= 15 is 0 Å². The van der Waals surface area contributed by atoms with Gasteiger partial charge in [-0.3, -0.25) is 0 Å². The highest BCUT2D eigenvalue weighted by atomic mass is 16.5. The number of aromatic nitrogens is 1. The van der Waals surface area contributed by atoms with Gasteiger partial charge >= 0.3 is 0 Å². The summed E-state index contributed by atoms with van der Waals surface area (Å²) < 4.78 is 5.41. The summed E-state index contributed by atoms with van der Waals surface area (Å²) in [4.78, 5) is 6.63. The predicted molar refractivity (Wildman–Crippen MR) is 82.8 cm³/mol. The van der Waals surface area contributed by atoms with E-state index < -0.39 is 0 Å². The molecule has 1 aromatic carbocycles. The molecule has 0 spiro atoms. The van der Waals surface area contributed by atoms with Crippen LogP contribution in [0.25, 0.3) is 0 Å². The molecule has 0 bridgehead atoms. The largest absolute Gasteiger partial charge is 0.495 e. The summed E-state index contributed by atoms with van der Waals surface area (Å²) >= 11 is 0. The van der Waals surface area contributed by atoms with Crippen molar-refractivity contribution in [2.24, 2.45) is 0 Å². The molecule has 0 saturated heterocycles. The van der Waals surface area contributed by atoms with Crippen LogP contribution >= 0.6 is 0 Å². The van der Waals surface area contributed by atoms with Crippen molar-refractivity contribution in [2.75, 3.05) is 26.1 Å². The fourth-order valence-electron chi connectivity index (χ4n) is 2.30. The van der Waals surface area contributed by atoms with E-state index in [0.29, 0.717) is 0 Å². The smallest absolute Gasteiger partial charge is 0.142 e. The third kappa shape index (κ3) is 2.91. The molecule has 0 aliphatic carbocycles. The van der Waals surface area contributed by atoms with Crippen LogP contribution in [0.5, 0.6) is 5.75 Å². The van der Waals surface area contributed by atoms with Crippen LogP contribution in [-0.4, -0.2) is 26.2 Å². The zero-order valence-electron chi connectivity index (χ0n) is 12.5. The van der Waals surface area contributed by atoms with Crippen LogP contribution in [0, 0.1) is 6.92 Å². The van der Waals surface area contributed by atoms with Gasteiger partial charge in [0.25, 0.3) is 0 Å². The van der Waals surface area contributed by atoms with E-state index in [-0.39, 0.29) is 0 Å². The number of nitrogens with one attached hydrogen (secondary N) is 1. The monoisotopic (exact) mass is 271 g/mol. The maximum Gasteiger partial charge on any atom is 0.142 e. The van der Waals surface area contributed by atoms with E-state index in [1.54, 1.807) is 7.11 Å². The Morgan fingerprint density at radius 1 is 1.30 bits per heavy atom. The quantitative estimate of drug-likeness (QED) is 0.907. The van der Waals surface area contributed by atoms with Gasteiger partial charge in [0.05, 0.1) is 12.8 Å². The van der Waals surface area contributed by atoms with E-state index in [9.17, 15) is 0 Å². The first-order valence-corrected chi connectivity index (χ1v) is 6.64. The molecule has 0 radical (unpaired) electrons. The van der Waals surface area contributed by atoms with Crippen molar-refractivity contribution in [3.8, 4) is 5.75 Å². The van der Waals surface area contributed by atoms with Gasteiger partial charge in [-0.05, 0) is 43.3 Å². The molecule has 0 unspecified atom stereocenters. The molecule has 1 aromatic heterocycles. The van der Waals surface area contributed by atoms with Crippen molar-refractivity contribution in [3.63, 3.8) is 0 Å². The molecule has 0 saturated carbocycles. The van der Waals surface area contributed by atoms with Crippen LogP contribution in [0.1, 0.15) is 11.1 Å². The van der Waals surface area contributed by atoms with Crippen LogP contribution in [0.2, 0.25) is 0 Å². The predicted octanol–water partition coefficient (Wildman–Crippen LogP) is 2.89. The van der Waals surface area contributed by atoms with Gasteiger partial charge in [-0.1, -0.05) is 12.1 Å². The Kier molecular flexibility index (Phi) is 4.58. The number of ether oxygens (including phenoxy) is 1. The Morgan fingerprint density at radius 3 is 2.70 bits per heavy atom. The van der Waals surface area contributed by atoms with Crippen LogP contribution < -0.4 is 15.0 Å². The summed E-state index contributed by atoms with van der Waals surface area (Å²) in [7, 11) is 5.62. The molecular weight excluding hydrogens is 250 g/mol. The van der Waals surface area contributed by atoms with E-state index in [0.717, 1.165) is 29.4 Å². The number of hydrogen-bond acceptors (Lipinski definition) is 4. The van der Waals surface area contributed by atoms with Crippen LogP contribution in [0.15, 0.2) is 36.5 Å². The van der Waals surface area contributed by atoms with E-state index in [1.165, 1.54) is 5.56 Å². The minimum atomic E-state index is 0.826. The molecule has 0 amide bonds. The molecule has 0 fully saturated rings. The Morgan fingerprint density at radius 2 is 2.05 bits per heavy atom. The Labute approximate surface area is 120 Å². The maximum atomic E-state index is 5.41. The molecule has 20 heavy (non-hydrogen) atoms. The van der Waals surface area contributed by atoms with Gasteiger partial charge < -0.3 is 15.0 Å². The Balaban J connectivity index is 2.35. The lowest BCUT2D eigenvalue weighted by molar-refractivity contribution is 0.415. The second-order valence-corrected chi connectivity index (χ2v) is 4.75. The number of rotatable bonds is 5. The summed E-state index contributed by atoms with van der Waals surface area (Å²) in [5.41, 5.74) is 3.33. The first-order chi connectivity index (χ1) is 9.67. The SMILES string of the molecule is CNCc1cnc(N(C)c2ccccc2OC)c(C)c1. The second-order valence-electron chi connectivity index (χ2n) is 4.75. The summed E-state index contributed by atoms with van der Waals surface area (Å²) in [6.07, 6.45) is 1.91. The fourth-order valence-corrected chi connectivity index (χ4v) is 2.30. The molecular formula is C16H21N3O. The number of benzene rings is 1. The number of methoxy groups -OCH3 is 1. The van der Waals surface area contributed by atoms with E-state index in [2.05, 4.69) is 28.2 Å². The number of aryl methyl sites for hydroxylation is 1. The van der Waals surface area contributed by atoms with Crippen LogP contribution in [0.4, 0.5) is 11.5 Å². The van der Waals surface area contributed by atoms with Crippen molar-refractivity contribution in [2.45, 2.75) is 13.5 Å². The average molecular weight is 271 g/mol. The highest BCUT2D eigenvalue weighted by Crippen LogP contribution is 2.32. The minimum absolute atomic E-state index is 0.826. The summed E-state index contributed by atoms with van der Waals surface area (Å²) in [6, 6.07) is 10.1. The van der Waals surface area contributed by atoms with Crippen molar-refractivity contribution in [1.29, 1.82) is 0 Å². The molecule has 2 aromatic rings. The normalized spacial score (nSPS) is 10.4. The third-order valence-electron chi connectivity index (χ3n) is 3.25. The molecule has 0 atom stereocenters. The van der Waals surface area contributed by atoms with Crippen LogP contribution in [0.3, 0.4) is 0 Å². The molecule has 1 N–H and O–H groups in total. The lowest BCUT2D eigenvalue weighted by atomic mass is 10.2. The zero-order valence-corrected chi connectivity index (χ0v) is 12.5. The number of nitrogens with zero attached hydrogens (tertiary/aromatic N) is 2.